The fourth-order valence-electron chi connectivity index (χ4n) is 3.94. The molecule has 14 N–H and O–H groups in total. The highest BCUT2D eigenvalue weighted by Crippen LogP contribution is 2.51. The van der Waals surface area contributed by atoms with Crippen LogP contribution >= 0.6 is 78.2 Å². The lowest BCUT2D eigenvalue weighted by Crippen LogP contribution is -2.25. The lowest BCUT2D eigenvalue weighted by molar-refractivity contribution is 0.0696. The van der Waals surface area contributed by atoms with Crippen molar-refractivity contribution in [3.8, 4) is 0 Å². The van der Waals surface area contributed by atoms with E-state index in [1.165, 1.54) is 5.54 Å². The van der Waals surface area contributed by atoms with Crippen molar-refractivity contribution in [1.29, 1.82) is 0 Å². The van der Waals surface area contributed by atoms with Gasteiger partial charge in [-0.15, -0.1) is 8.96 Å². The summed E-state index contributed by atoms with van der Waals surface area (Å²) < 4.78 is 227. The number of phosphoric ester groups is 10. The average Bonchev–Trinajstić information content (AvgIpc) is 3.32. The zero-order valence-electron chi connectivity index (χ0n) is 40.1. The van der Waals surface area contributed by atoms with E-state index in [2.05, 4.69) is 86.0 Å². The van der Waals surface area contributed by atoms with Crippen LogP contribution in [0.2, 0.25) is 0 Å². The molecule has 0 aliphatic carbocycles. The summed E-state index contributed by atoms with van der Waals surface area (Å²) in [5, 5.41) is 9.00. The van der Waals surface area contributed by atoms with Gasteiger partial charge in [0.1, 0.15) is 0 Å². The maximum absolute atomic E-state index is 12.4. The number of aliphatic hydroxyl groups excluding tert-OH is 1. The van der Waals surface area contributed by atoms with E-state index in [-0.39, 0.29) is 0 Å². The van der Waals surface area contributed by atoms with Gasteiger partial charge in [0.05, 0.1) is 126 Å². The van der Waals surface area contributed by atoms with Crippen molar-refractivity contribution in [1.82, 2.24) is 11.1 Å². The molecule has 0 fully saturated rings. The molecule has 0 bridgehead atoms. The Labute approximate surface area is 445 Å². The molecule has 79 heavy (non-hydrogen) atoms. The molecular formula is C24H60F2N2O41P10. The van der Waals surface area contributed by atoms with Crippen molar-refractivity contribution in [2.45, 2.75) is 0 Å². The van der Waals surface area contributed by atoms with Crippen LogP contribution < -0.4 is 11.1 Å². The Bertz CT molecular complexity index is 2220. The van der Waals surface area contributed by atoms with Gasteiger partial charge in [0, 0.05) is 31.5 Å². The molecule has 0 amide bonds. The summed E-state index contributed by atoms with van der Waals surface area (Å²) in [6, 6.07) is 0. The van der Waals surface area contributed by atoms with Crippen LogP contribution in [0, 0.1) is 11.8 Å². The van der Waals surface area contributed by atoms with E-state index in [9.17, 15) is 98.7 Å². The summed E-state index contributed by atoms with van der Waals surface area (Å²) in [5.41, 5.74) is 2.37. The van der Waals surface area contributed by atoms with Crippen LogP contribution in [0.15, 0.2) is 0 Å². The van der Waals surface area contributed by atoms with E-state index < -0.39 is 235 Å². The second-order valence-corrected chi connectivity index (χ2v) is 27.8. The monoisotopic (exact) mass is 1380 g/mol. The molecule has 0 aliphatic rings. The molecule has 0 aromatic rings. The second kappa shape index (κ2) is 39.6. The Kier molecular flexibility index (Phi) is 40.0. The Hall–Kier alpha value is 0.840. The highest BCUT2D eigenvalue weighted by molar-refractivity contribution is 7.49. The van der Waals surface area contributed by atoms with E-state index in [4.69, 9.17) is 14.9 Å². The van der Waals surface area contributed by atoms with Gasteiger partial charge in [0.15, 0.2) is 0 Å². The number of halogens is 2. The number of phosphoric acid groups is 10. The second-order valence-electron chi connectivity index (χ2n) is 13.5. The molecule has 11 atom stereocenters. The van der Waals surface area contributed by atoms with E-state index in [1.54, 1.807) is 0 Å². The lowest BCUT2D eigenvalue weighted by Gasteiger charge is -2.18. The Morgan fingerprint density at radius 2 is 0.418 bits per heavy atom. The SMILES string of the molecule is O=P(O)(O)OCC(CNF)COP(=O)(O)OCCOP(=O)(O)OCCOP(=O)(O)OCCOP(=O)(O)OCCOP(=O)(O)OCCOP(=O)(O)OCCOP(=O)(O)OCCOP(=O)(O)OCCOP(=O)(O)OCC(CO)CNF. The van der Waals surface area contributed by atoms with Crippen molar-refractivity contribution in [3.05, 3.63) is 0 Å². The van der Waals surface area contributed by atoms with Gasteiger partial charge in [-0.1, -0.05) is 0 Å². The Morgan fingerprint density at radius 1 is 0.266 bits per heavy atom. The summed E-state index contributed by atoms with van der Waals surface area (Å²) >= 11 is 0. The summed E-state index contributed by atoms with van der Waals surface area (Å²) in [7, 11) is -49.4. The fourth-order valence-corrected chi connectivity index (χ4v) is 10.7. The number of aliphatic hydroxyl groups is 1. The van der Waals surface area contributed by atoms with Gasteiger partial charge in [-0.3, -0.25) is 86.0 Å². The predicted octanol–water partition coefficient (Wildman–Crippen LogP) is 0.471. The number of rotatable bonds is 54. The van der Waals surface area contributed by atoms with E-state index in [1.807, 2.05) is 0 Å². The van der Waals surface area contributed by atoms with Gasteiger partial charge >= 0.3 is 78.2 Å². The molecule has 0 aliphatic heterocycles. The molecule has 0 radical (unpaired) electrons. The first-order valence-electron chi connectivity index (χ1n) is 20.8. The van der Waals surface area contributed by atoms with E-state index in [0.29, 0.717) is 0 Å². The quantitative estimate of drug-likeness (QED) is 0.0224. The lowest BCUT2D eigenvalue weighted by atomic mass is 10.2. The Morgan fingerprint density at radius 3 is 0.582 bits per heavy atom. The summed E-state index contributed by atoms with van der Waals surface area (Å²) in [5.74, 6) is -2.10. The van der Waals surface area contributed by atoms with E-state index in [0.717, 1.165) is 5.54 Å². The normalized spacial score (nSPS) is 20.2. The zero-order chi connectivity index (χ0) is 60.6. The molecule has 476 valence electrons. The first-order chi connectivity index (χ1) is 36.3. The maximum atomic E-state index is 12.4. The minimum Gasteiger partial charge on any atom is -0.396 e. The highest BCUT2D eigenvalue weighted by atomic mass is 31.2. The molecule has 0 saturated heterocycles. The highest BCUT2D eigenvalue weighted by Gasteiger charge is 2.31. The molecular weight excluding hydrogens is 1320 g/mol. The molecule has 0 spiro atoms. The topological polar surface area (TPSA) is 613 Å². The van der Waals surface area contributed by atoms with Crippen LogP contribution in [0.5, 0.6) is 0 Å². The summed E-state index contributed by atoms with van der Waals surface area (Å²) in [6.07, 6.45) is 0. The molecule has 55 heteroatoms. The zero-order valence-corrected chi connectivity index (χ0v) is 49.1. The van der Waals surface area contributed by atoms with Gasteiger partial charge in [-0.2, -0.15) is 11.1 Å². The van der Waals surface area contributed by atoms with Crippen LogP contribution in [0.1, 0.15) is 0 Å². The first-order valence-corrected chi connectivity index (χ1v) is 35.8. The van der Waals surface area contributed by atoms with Crippen LogP contribution in [-0.4, -0.2) is 204 Å². The van der Waals surface area contributed by atoms with Crippen molar-refractivity contribution < 1.29 is 199 Å². The van der Waals surface area contributed by atoms with Crippen LogP contribution in [-0.2, 0) is 132 Å². The first kappa shape index (κ1) is 79.8. The van der Waals surface area contributed by atoms with Crippen molar-refractivity contribution in [2.75, 3.05) is 145 Å². The maximum Gasteiger partial charge on any atom is 0.472 e. The molecule has 0 heterocycles. The third-order valence-electron chi connectivity index (χ3n) is 7.15. The Balaban J connectivity index is 4.28. The van der Waals surface area contributed by atoms with Crippen molar-refractivity contribution >= 4 is 78.2 Å². The molecule has 0 rings (SSSR count). The van der Waals surface area contributed by atoms with Gasteiger partial charge in [0.2, 0.25) is 0 Å². The molecule has 0 saturated carbocycles. The average molecular weight is 1380 g/mol. The van der Waals surface area contributed by atoms with Crippen LogP contribution in [0.25, 0.3) is 0 Å². The minimum atomic E-state index is -4.99. The molecule has 11 unspecified atom stereocenters. The predicted molar refractivity (Wildman–Crippen MR) is 246 cm³/mol. The summed E-state index contributed by atoms with van der Waals surface area (Å²) in [4.78, 5) is 104. The van der Waals surface area contributed by atoms with Gasteiger partial charge < -0.3 is 58.9 Å². The minimum absolute atomic E-state index is 0.412. The van der Waals surface area contributed by atoms with Crippen LogP contribution in [0.4, 0.5) is 8.96 Å². The third kappa shape index (κ3) is 47.6. The third-order valence-corrected chi connectivity index (χ3v) is 16.7. The van der Waals surface area contributed by atoms with Gasteiger partial charge in [-0.25, -0.2) is 45.7 Å². The largest absolute Gasteiger partial charge is 0.472 e. The van der Waals surface area contributed by atoms with E-state index >= 15 is 0 Å². The number of hydrogen-bond acceptors (Lipinski definition) is 32. The molecule has 0 aromatic carbocycles. The summed E-state index contributed by atoms with van der Waals surface area (Å²) in [6.45, 7) is -18.3. The fraction of sp³-hybridized carbons (Fsp3) is 1.00. The molecule has 43 nitrogen and oxygen atoms in total. The molecule has 0 aromatic heterocycles. The van der Waals surface area contributed by atoms with Crippen molar-refractivity contribution in [2.24, 2.45) is 11.8 Å². The number of hydrogen-bond donors (Lipinski definition) is 14. The van der Waals surface area contributed by atoms with Crippen LogP contribution in [0.3, 0.4) is 0 Å². The standard InChI is InChI=1S/C24H60F2N2O41P10/c25-27-17-23(19-29)20-68-78(47,48)65-15-13-63-76(43,44)61-11-9-59-74(39,40)57-7-5-55-72(35,36)53-3-1-51-71(33,34)52-2-4-54-73(37,38)56-6-8-58-75(41,42)60-10-12-62-77(45,46)64-14-16-66-79(49,50)69-22-24(18-28-26)21-67-70(30,31)32/h23-24,27-29H,1-22H2,(H,33,34)(H,35,36)(H,37,38)(H,39,40)(H,41,42)(H,43,44)(H,45,46)(H,47,48)(H,49,50)(H2,30,31,32). The van der Waals surface area contributed by atoms with Gasteiger partial charge in [0.25, 0.3) is 0 Å². The smallest absolute Gasteiger partial charge is 0.396 e. The number of nitrogens with one attached hydrogen (secondary N) is 2. The van der Waals surface area contributed by atoms with Gasteiger partial charge in [-0.05, 0) is 0 Å². The van der Waals surface area contributed by atoms with Crippen molar-refractivity contribution in [3.63, 3.8) is 0 Å².